The van der Waals surface area contributed by atoms with Gasteiger partial charge in [0.1, 0.15) is 11.6 Å². The highest BCUT2D eigenvalue weighted by Gasteiger charge is 2.29. The fraction of sp³-hybridized carbons (Fsp3) is 0.409. The van der Waals surface area contributed by atoms with E-state index in [1.807, 2.05) is 17.7 Å². The van der Waals surface area contributed by atoms with Crippen LogP contribution in [0.3, 0.4) is 0 Å². The monoisotopic (exact) mass is 476 g/mol. The van der Waals surface area contributed by atoms with Gasteiger partial charge in [-0.15, -0.1) is 0 Å². The van der Waals surface area contributed by atoms with E-state index in [2.05, 4.69) is 15.3 Å². The third-order valence-electron chi connectivity index (χ3n) is 5.18. The molecule has 1 saturated carbocycles. The summed E-state index contributed by atoms with van der Waals surface area (Å²) >= 11 is 0. The van der Waals surface area contributed by atoms with E-state index in [0.717, 1.165) is 24.7 Å². The Morgan fingerprint density at radius 2 is 2.12 bits per heavy atom. The Kier molecular flexibility index (Phi) is 6.61. The van der Waals surface area contributed by atoms with E-state index >= 15 is 0 Å². The van der Waals surface area contributed by atoms with Crippen LogP contribution >= 0.6 is 0 Å². The number of carbonyl (C=O) groups is 1. The van der Waals surface area contributed by atoms with E-state index in [0.29, 0.717) is 43.2 Å². The normalized spacial score (nSPS) is 16.2. The van der Waals surface area contributed by atoms with Gasteiger partial charge in [-0.3, -0.25) is 4.79 Å². The zero-order valence-electron chi connectivity index (χ0n) is 18.4. The van der Waals surface area contributed by atoms with Gasteiger partial charge in [-0.1, -0.05) is 6.08 Å². The van der Waals surface area contributed by atoms with Crippen molar-refractivity contribution < 1.29 is 27.1 Å². The van der Waals surface area contributed by atoms with Gasteiger partial charge in [0.25, 0.3) is 5.91 Å². The minimum absolute atomic E-state index is 0.000917. The lowest BCUT2D eigenvalue weighted by atomic mass is 9.99. The number of hydrogen-bond acceptors (Lipinski definition) is 8. The summed E-state index contributed by atoms with van der Waals surface area (Å²) in [5.41, 5.74) is 2.13. The lowest BCUT2D eigenvalue weighted by molar-refractivity contribution is 0.0977. The van der Waals surface area contributed by atoms with Gasteiger partial charge in [-0.25, -0.2) is 27.5 Å². The van der Waals surface area contributed by atoms with E-state index in [-0.39, 0.29) is 23.1 Å². The molecule has 4 rings (SSSR count). The van der Waals surface area contributed by atoms with Crippen molar-refractivity contribution in [2.45, 2.75) is 32.1 Å². The van der Waals surface area contributed by atoms with Gasteiger partial charge in [-0.2, -0.15) is 0 Å². The molecule has 0 saturated heterocycles. The van der Waals surface area contributed by atoms with Gasteiger partial charge in [0, 0.05) is 17.5 Å². The summed E-state index contributed by atoms with van der Waals surface area (Å²) < 4.78 is 51.0. The fourth-order valence-corrected chi connectivity index (χ4v) is 4.00. The van der Waals surface area contributed by atoms with Crippen LogP contribution in [0.2, 0.25) is 0 Å². The van der Waals surface area contributed by atoms with Crippen molar-refractivity contribution in [3.8, 4) is 5.75 Å². The summed E-state index contributed by atoms with van der Waals surface area (Å²) in [6.45, 7) is 3.07. The van der Waals surface area contributed by atoms with Crippen LogP contribution in [-0.4, -0.2) is 50.4 Å². The molecule has 2 N–H and O–H groups in total. The molecule has 0 spiro atoms. The molecular formula is C22H25FN4O5S. The number of hydrogen-bond donors (Lipinski definition) is 2. The standard InChI is InChI=1S/C22H25FN4O5S/c1-3-32-20-16(13-6-8-31-9-7-13)10-15(23)11-17(20)26-21-19(22(28)27-33(2,29)30)25-18(12-24-21)14-4-5-14/h6,10-12,14H,3-5,7-9H2,1-2H3,(H,24,26)(H,27,28). The maximum Gasteiger partial charge on any atom is 0.287 e. The van der Waals surface area contributed by atoms with Crippen LogP contribution in [0.4, 0.5) is 15.9 Å². The zero-order valence-corrected chi connectivity index (χ0v) is 19.2. The molecule has 0 radical (unpaired) electrons. The van der Waals surface area contributed by atoms with E-state index in [9.17, 15) is 17.6 Å². The Hall–Kier alpha value is -3.05. The van der Waals surface area contributed by atoms with Crippen LogP contribution in [0.15, 0.2) is 24.4 Å². The SMILES string of the molecule is CCOc1c(Nc2ncc(C3CC3)nc2C(=O)NS(C)(=O)=O)cc(F)cc1C1=CCOCC1. The predicted molar refractivity (Wildman–Crippen MR) is 121 cm³/mol. The molecule has 0 unspecified atom stereocenters. The number of halogens is 1. The number of aromatic nitrogens is 2. The Balaban J connectivity index is 1.77. The number of nitrogens with one attached hydrogen (secondary N) is 2. The number of amides is 1. The third kappa shape index (κ3) is 5.66. The Morgan fingerprint density at radius 3 is 2.76 bits per heavy atom. The van der Waals surface area contributed by atoms with Crippen LogP contribution in [0.1, 0.15) is 53.8 Å². The molecule has 1 aliphatic carbocycles. The number of benzene rings is 1. The first-order valence-electron chi connectivity index (χ1n) is 10.6. The predicted octanol–water partition coefficient (Wildman–Crippen LogP) is 3.13. The van der Waals surface area contributed by atoms with Crippen LogP contribution in [0, 0.1) is 5.82 Å². The number of nitrogens with zero attached hydrogens (tertiary/aromatic N) is 2. The molecule has 0 bridgehead atoms. The summed E-state index contributed by atoms with van der Waals surface area (Å²) in [4.78, 5) is 21.4. The highest BCUT2D eigenvalue weighted by Crippen LogP contribution is 2.41. The average Bonchev–Trinajstić information content (AvgIpc) is 3.60. The number of carbonyl (C=O) groups excluding carboxylic acids is 1. The van der Waals surface area contributed by atoms with Crippen molar-refractivity contribution in [2.24, 2.45) is 0 Å². The molecule has 2 aliphatic rings. The topological polar surface area (TPSA) is 120 Å². The summed E-state index contributed by atoms with van der Waals surface area (Å²) in [6, 6.07) is 2.63. The first kappa shape index (κ1) is 23.1. The van der Waals surface area contributed by atoms with E-state index in [1.165, 1.54) is 12.1 Å². The molecule has 1 amide bonds. The van der Waals surface area contributed by atoms with Crippen molar-refractivity contribution in [2.75, 3.05) is 31.4 Å². The van der Waals surface area contributed by atoms with Gasteiger partial charge in [0.15, 0.2) is 11.5 Å². The number of sulfonamides is 1. The van der Waals surface area contributed by atoms with Crippen molar-refractivity contribution >= 4 is 33.0 Å². The number of anilines is 2. The maximum atomic E-state index is 14.6. The smallest absolute Gasteiger partial charge is 0.287 e. The maximum absolute atomic E-state index is 14.6. The van der Waals surface area contributed by atoms with Gasteiger partial charge >= 0.3 is 0 Å². The van der Waals surface area contributed by atoms with E-state index in [4.69, 9.17) is 9.47 Å². The van der Waals surface area contributed by atoms with Crippen LogP contribution in [0.25, 0.3) is 5.57 Å². The summed E-state index contributed by atoms with van der Waals surface area (Å²) in [5.74, 6) is -0.838. The van der Waals surface area contributed by atoms with E-state index in [1.54, 1.807) is 6.20 Å². The minimum atomic E-state index is -3.82. The molecular weight excluding hydrogens is 451 g/mol. The third-order valence-corrected chi connectivity index (χ3v) is 5.74. The molecule has 33 heavy (non-hydrogen) atoms. The minimum Gasteiger partial charge on any atom is -0.491 e. The molecule has 1 aromatic heterocycles. The lowest BCUT2D eigenvalue weighted by Gasteiger charge is -2.21. The highest BCUT2D eigenvalue weighted by molar-refractivity contribution is 7.89. The molecule has 2 aromatic rings. The second-order valence-electron chi connectivity index (χ2n) is 7.91. The van der Waals surface area contributed by atoms with Crippen LogP contribution < -0.4 is 14.8 Å². The molecule has 9 nitrogen and oxygen atoms in total. The Morgan fingerprint density at radius 1 is 1.33 bits per heavy atom. The second kappa shape index (κ2) is 9.44. The van der Waals surface area contributed by atoms with Crippen molar-refractivity contribution in [1.29, 1.82) is 0 Å². The van der Waals surface area contributed by atoms with Gasteiger partial charge in [0.2, 0.25) is 10.0 Å². The molecule has 11 heteroatoms. The van der Waals surface area contributed by atoms with Gasteiger partial charge in [0.05, 0.1) is 43.7 Å². The highest BCUT2D eigenvalue weighted by atomic mass is 32.2. The molecule has 1 fully saturated rings. The van der Waals surface area contributed by atoms with Gasteiger partial charge < -0.3 is 14.8 Å². The average molecular weight is 477 g/mol. The largest absolute Gasteiger partial charge is 0.491 e. The molecule has 1 aliphatic heterocycles. The first-order chi connectivity index (χ1) is 15.7. The number of rotatable bonds is 8. The van der Waals surface area contributed by atoms with Crippen molar-refractivity contribution in [1.82, 2.24) is 14.7 Å². The fourth-order valence-electron chi connectivity index (χ4n) is 3.57. The Bertz CT molecular complexity index is 1210. The molecule has 176 valence electrons. The molecule has 1 aromatic carbocycles. The lowest BCUT2D eigenvalue weighted by Crippen LogP contribution is -2.31. The van der Waals surface area contributed by atoms with Crippen LogP contribution in [0.5, 0.6) is 5.75 Å². The first-order valence-corrected chi connectivity index (χ1v) is 12.5. The van der Waals surface area contributed by atoms with Crippen LogP contribution in [-0.2, 0) is 14.8 Å². The van der Waals surface area contributed by atoms with Gasteiger partial charge in [-0.05, 0) is 37.8 Å². The van der Waals surface area contributed by atoms with Crippen molar-refractivity contribution in [3.05, 3.63) is 47.2 Å². The van der Waals surface area contributed by atoms with Crippen molar-refractivity contribution in [3.63, 3.8) is 0 Å². The second-order valence-corrected chi connectivity index (χ2v) is 9.66. The number of ether oxygens (including phenoxy) is 2. The molecule has 2 heterocycles. The summed E-state index contributed by atoms with van der Waals surface area (Å²) in [7, 11) is -3.82. The van der Waals surface area contributed by atoms with E-state index < -0.39 is 21.7 Å². The molecule has 0 atom stereocenters. The Labute approximate surface area is 191 Å². The quantitative estimate of drug-likeness (QED) is 0.596. The summed E-state index contributed by atoms with van der Waals surface area (Å²) in [6.07, 6.45) is 6.74. The zero-order chi connectivity index (χ0) is 23.6. The summed E-state index contributed by atoms with van der Waals surface area (Å²) in [5, 5.41) is 2.95.